The van der Waals surface area contributed by atoms with Crippen molar-refractivity contribution in [1.82, 2.24) is 30.4 Å². The summed E-state index contributed by atoms with van der Waals surface area (Å²) >= 11 is 5.82. The standard InChI is InChI=1S/C29H36ClN7O6/c1-29(2,3)43-28(42)37-14-17-11-22(31-12-18(17)15-37)24(38)34-21-10-16(27(41)36(4)5)6-8-20(21)33-25(39)26(40)35-23-9-7-19(30)13-32-23/h7,9,11-13,16,20-21H,6,8,10,14-15H2,1-5H3,(H,33,39)(H,34,38)(H,32,35,40)/t16-,20-,21+/m0/s1. The number of carbonyl (C=O) groups excluding carboxylic acids is 5. The molecule has 2 aliphatic rings. The summed E-state index contributed by atoms with van der Waals surface area (Å²) in [7, 11) is 3.32. The molecule has 230 valence electrons. The van der Waals surface area contributed by atoms with Crippen LogP contribution in [0.15, 0.2) is 30.6 Å². The molecule has 1 fully saturated rings. The fourth-order valence-electron chi connectivity index (χ4n) is 5.05. The molecule has 43 heavy (non-hydrogen) atoms. The zero-order chi connectivity index (χ0) is 31.5. The Kier molecular flexibility index (Phi) is 9.53. The molecule has 0 bridgehead atoms. The van der Waals surface area contributed by atoms with Gasteiger partial charge in [0.15, 0.2) is 0 Å². The fraction of sp³-hybridized carbons (Fsp3) is 0.483. The Morgan fingerprint density at radius 2 is 1.67 bits per heavy atom. The predicted molar refractivity (Wildman–Crippen MR) is 157 cm³/mol. The first-order valence-electron chi connectivity index (χ1n) is 13.9. The number of aromatic nitrogens is 2. The van der Waals surface area contributed by atoms with Crippen LogP contribution in [-0.4, -0.2) is 81.3 Å². The van der Waals surface area contributed by atoms with Gasteiger partial charge in [-0.2, -0.15) is 0 Å². The van der Waals surface area contributed by atoms with Gasteiger partial charge >= 0.3 is 17.9 Å². The van der Waals surface area contributed by atoms with Crippen molar-refractivity contribution < 1.29 is 28.7 Å². The average molecular weight is 614 g/mol. The van der Waals surface area contributed by atoms with Gasteiger partial charge in [-0.1, -0.05) is 11.6 Å². The topological polar surface area (TPSA) is 163 Å². The Balaban J connectivity index is 1.45. The van der Waals surface area contributed by atoms with E-state index in [2.05, 4.69) is 25.9 Å². The molecule has 4 rings (SSSR count). The van der Waals surface area contributed by atoms with Gasteiger partial charge in [0.25, 0.3) is 5.91 Å². The number of carbonyl (C=O) groups is 5. The molecule has 2 aromatic heterocycles. The number of anilines is 1. The number of rotatable bonds is 5. The molecule has 1 aliphatic carbocycles. The minimum Gasteiger partial charge on any atom is -0.444 e. The summed E-state index contributed by atoms with van der Waals surface area (Å²) in [6.45, 7) is 5.96. The summed E-state index contributed by atoms with van der Waals surface area (Å²) in [6.07, 6.45) is 3.52. The van der Waals surface area contributed by atoms with Gasteiger partial charge in [-0.15, -0.1) is 0 Å². The van der Waals surface area contributed by atoms with E-state index in [0.29, 0.717) is 24.4 Å². The molecule has 0 aromatic carbocycles. The van der Waals surface area contributed by atoms with Crippen LogP contribution in [-0.2, 0) is 32.2 Å². The van der Waals surface area contributed by atoms with Gasteiger partial charge in [0.1, 0.15) is 17.1 Å². The van der Waals surface area contributed by atoms with E-state index in [4.69, 9.17) is 16.3 Å². The molecule has 0 unspecified atom stereocenters. The van der Waals surface area contributed by atoms with Crippen LogP contribution in [0.5, 0.6) is 0 Å². The maximum atomic E-state index is 13.4. The normalized spacial score (nSPS) is 19.6. The first-order chi connectivity index (χ1) is 20.2. The third kappa shape index (κ3) is 8.19. The minimum atomic E-state index is -0.929. The summed E-state index contributed by atoms with van der Waals surface area (Å²) in [5.74, 6) is -2.65. The van der Waals surface area contributed by atoms with E-state index in [0.717, 1.165) is 11.1 Å². The van der Waals surface area contributed by atoms with Crippen molar-refractivity contribution in [2.24, 2.45) is 5.92 Å². The highest BCUT2D eigenvalue weighted by atomic mass is 35.5. The molecule has 13 nitrogen and oxygen atoms in total. The van der Waals surface area contributed by atoms with E-state index in [9.17, 15) is 24.0 Å². The Morgan fingerprint density at radius 3 is 2.33 bits per heavy atom. The number of amides is 5. The molecule has 3 heterocycles. The van der Waals surface area contributed by atoms with Gasteiger partial charge in [-0.3, -0.25) is 29.1 Å². The number of halogens is 1. The number of hydrogen-bond donors (Lipinski definition) is 3. The van der Waals surface area contributed by atoms with Gasteiger partial charge in [0.05, 0.1) is 17.6 Å². The molecule has 14 heteroatoms. The summed E-state index contributed by atoms with van der Waals surface area (Å²) in [5, 5.41) is 8.41. The molecular weight excluding hydrogens is 578 g/mol. The predicted octanol–water partition coefficient (Wildman–Crippen LogP) is 2.49. The van der Waals surface area contributed by atoms with E-state index in [-0.39, 0.29) is 36.3 Å². The highest BCUT2D eigenvalue weighted by Gasteiger charge is 2.37. The van der Waals surface area contributed by atoms with Crippen LogP contribution in [0, 0.1) is 5.92 Å². The van der Waals surface area contributed by atoms with Crippen molar-refractivity contribution in [2.45, 2.75) is 70.8 Å². The lowest BCUT2D eigenvalue weighted by Crippen LogP contribution is -2.57. The van der Waals surface area contributed by atoms with Gasteiger partial charge in [-0.25, -0.2) is 9.78 Å². The second kappa shape index (κ2) is 12.9. The number of hydrogen-bond acceptors (Lipinski definition) is 8. The molecule has 0 radical (unpaired) electrons. The summed E-state index contributed by atoms with van der Waals surface area (Å²) in [4.78, 5) is 75.3. The smallest absolute Gasteiger partial charge is 0.410 e. The average Bonchev–Trinajstić information content (AvgIpc) is 3.37. The number of nitrogens with one attached hydrogen (secondary N) is 3. The number of pyridine rings is 2. The lowest BCUT2D eigenvalue weighted by atomic mass is 9.81. The maximum Gasteiger partial charge on any atom is 0.410 e. The Labute approximate surface area is 254 Å². The molecule has 2 aromatic rings. The lowest BCUT2D eigenvalue weighted by molar-refractivity contribution is -0.137. The third-order valence-corrected chi connectivity index (χ3v) is 7.36. The van der Waals surface area contributed by atoms with Crippen molar-refractivity contribution in [1.29, 1.82) is 0 Å². The van der Waals surface area contributed by atoms with Crippen LogP contribution in [0.2, 0.25) is 5.02 Å². The summed E-state index contributed by atoms with van der Waals surface area (Å²) in [6, 6.07) is 3.34. The Hall–Kier alpha value is -4.26. The largest absolute Gasteiger partial charge is 0.444 e. The maximum absolute atomic E-state index is 13.4. The molecule has 1 saturated carbocycles. The molecular formula is C29H36ClN7O6. The van der Waals surface area contributed by atoms with Crippen LogP contribution >= 0.6 is 11.6 Å². The van der Waals surface area contributed by atoms with E-state index in [1.807, 2.05) is 0 Å². The zero-order valence-electron chi connectivity index (χ0n) is 24.8. The van der Waals surface area contributed by atoms with E-state index in [1.54, 1.807) is 47.1 Å². The second-order valence-corrected chi connectivity index (χ2v) is 12.3. The van der Waals surface area contributed by atoms with Gasteiger partial charge in [-0.05, 0) is 69.4 Å². The van der Waals surface area contributed by atoms with Crippen LogP contribution in [0.3, 0.4) is 0 Å². The van der Waals surface area contributed by atoms with Crippen molar-refractivity contribution in [2.75, 3.05) is 19.4 Å². The quantitative estimate of drug-likeness (QED) is 0.433. The Morgan fingerprint density at radius 1 is 0.953 bits per heavy atom. The number of fused-ring (bicyclic) bond motifs is 1. The van der Waals surface area contributed by atoms with Crippen molar-refractivity contribution >= 4 is 47.1 Å². The van der Waals surface area contributed by atoms with Crippen LogP contribution in [0.25, 0.3) is 0 Å². The van der Waals surface area contributed by atoms with Crippen molar-refractivity contribution in [3.8, 4) is 0 Å². The SMILES string of the molecule is CN(C)C(=O)[C@H]1CC[C@H](NC(=O)C(=O)Nc2ccc(Cl)cn2)[C@H](NC(=O)c2cc3c(cn2)CN(C(=O)OC(C)(C)C)C3)C1. The van der Waals surface area contributed by atoms with Crippen LogP contribution in [0.1, 0.15) is 61.6 Å². The fourth-order valence-corrected chi connectivity index (χ4v) is 5.17. The summed E-state index contributed by atoms with van der Waals surface area (Å²) in [5.41, 5.74) is 1.07. The van der Waals surface area contributed by atoms with Crippen LogP contribution < -0.4 is 16.0 Å². The third-order valence-electron chi connectivity index (χ3n) is 7.14. The number of ether oxygens (including phenoxy) is 1. The van der Waals surface area contributed by atoms with E-state index < -0.39 is 41.5 Å². The molecule has 5 amide bonds. The minimum absolute atomic E-state index is 0.0894. The first-order valence-corrected chi connectivity index (χ1v) is 14.3. The highest BCUT2D eigenvalue weighted by molar-refractivity contribution is 6.39. The lowest BCUT2D eigenvalue weighted by Gasteiger charge is -2.37. The van der Waals surface area contributed by atoms with Crippen molar-refractivity contribution in [3.05, 3.63) is 52.4 Å². The highest BCUT2D eigenvalue weighted by Crippen LogP contribution is 2.28. The van der Waals surface area contributed by atoms with Crippen LogP contribution in [0.4, 0.5) is 10.6 Å². The molecule has 0 saturated heterocycles. The van der Waals surface area contributed by atoms with Gasteiger partial charge in [0, 0.05) is 45.0 Å². The van der Waals surface area contributed by atoms with E-state index >= 15 is 0 Å². The summed E-state index contributed by atoms with van der Waals surface area (Å²) < 4.78 is 5.46. The Bertz CT molecular complexity index is 1410. The molecule has 3 N–H and O–H groups in total. The first kappa shape index (κ1) is 31.7. The second-order valence-electron chi connectivity index (χ2n) is 11.9. The van der Waals surface area contributed by atoms with Gasteiger partial charge in [0.2, 0.25) is 5.91 Å². The zero-order valence-corrected chi connectivity index (χ0v) is 25.5. The van der Waals surface area contributed by atoms with Gasteiger partial charge < -0.3 is 25.6 Å². The monoisotopic (exact) mass is 613 g/mol. The van der Waals surface area contributed by atoms with Crippen molar-refractivity contribution in [3.63, 3.8) is 0 Å². The molecule has 1 aliphatic heterocycles. The van der Waals surface area contributed by atoms with E-state index in [1.165, 1.54) is 28.1 Å². The molecule has 0 spiro atoms. The number of nitrogens with zero attached hydrogens (tertiary/aromatic N) is 4. The molecule has 3 atom stereocenters.